The minimum absolute atomic E-state index is 0.0431. The van der Waals surface area contributed by atoms with Crippen molar-refractivity contribution < 1.29 is 29.0 Å². The highest BCUT2D eigenvalue weighted by molar-refractivity contribution is 5.89. The molecule has 0 bridgehead atoms. The van der Waals surface area contributed by atoms with E-state index in [4.69, 9.17) is 4.74 Å². The fourth-order valence-electron chi connectivity index (χ4n) is 1.81. The zero-order valence-corrected chi connectivity index (χ0v) is 11.5. The molecule has 1 rings (SSSR count). The number of hydrogen-bond donors (Lipinski definition) is 2. The van der Waals surface area contributed by atoms with Crippen molar-refractivity contribution >= 4 is 18.0 Å². The molecule has 7 nitrogen and oxygen atoms in total. The Bertz CT molecular complexity index is 400. The Morgan fingerprint density at radius 3 is 2.37 bits per heavy atom. The third-order valence-electron chi connectivity index (χ3n) is 2.85. The molecule has 0 spiro atoms. The number of ether oxygens (including phenoxy) is 2. The van der Waals surface area contributed by atoms with Crippen LogP contribution in [0.4, 0.5) is 4.79 Å². The van der Waals surface area contributed by atoms with Gasteiger partial charge in [0.15, 0.2) is 0 Å². The zero-order valence-electron chi connectivity index (χ0n) is 11.5. The first kappa shape index (κ1) is 15.3. The Morgan fingerprint density at radius 2 is 1.95 bits per heavy atom. The monoisotopic (exact) mass is 273 g/mol. The molecule has 0 aromatic heterocycles. The van der Waals surface area contributed by atoms with Crippen LogP contribution in [0.5, 0.6) is 0 Å². The Morgan fingerprint density at radius 1 is 1.37 bits per heavy atom. The van der Waals surface area contributed by atoms with E-state index in [-0.39, 0.29) is 12.8 Å². The van der Waals surface area contributed by atoms with Gasteiger partial charge >= 0.3 is 18.0 Å². The second-order valence-electron chi connectivity index (χ2n) is 5.58. The van der Waals surface area contributed by atoms with Crippen molar-refractivity contribution in [2.24, 2.45) is 5.92 Å². The summed E-state index contributed by atoms with van der Waals surface area (Å²) in [7, 11) is 1.23. The van der Waals surface area contributed by atoms with Crippen LogP contribution < -0.4 is 5.32 Å². The molecular formula is C12H19NO6. The topological polar surface area (TPSA) is 102 Å². The quantitative estimate of drug-likeness (QED) is 0.738. The van der Waals surface area contributed by atoms with Gasteiger partial charge in [0.05, 0.1) is 13.5 Å². The zero-order chi connectivity index (χ0) is 14.8. The number of esters is 1. The van der Waals surface area contributed by atoms with Crippen LogP contribution in [-0.2, 0) is 19.1 Å². The fraction of sp³-hybridized carbons (Fsp3) is 0.750. The average molecular weight is 273 g/mol. The van der Waals surface area contributed by atoms with E-state index in [1.807, 2.05) is 0 Å². The van der Waals surface area contributed by atoms with E-state index in [1.54, 1.807) is 20.8 Å². The van der Waals surface area contributed by atoms with Gasteiger partial charge in [0.25, 0.3) is 0 Å². The van der Waals surface area contributed by atoms with Crippen LogP contribution in [0.3, 0.4) is 0 Å². The van der Waals surface area contributed by atoms with Crippen molar-refractivity contribution in [3.63, 3.8) is 0 Å². The summed E-state index contributed by atoms with van der Waals surface area (Å²) in [4.78, 5) is 34.0. The maximum atomic E-state index is 11.6. The third-order valence-corrected chi connectivity index (χ3v) is 2.85. The molecule has 108 valence electrons. The molecule has 0 radical (unpaired) electrons. The number of methoxy groups -OCH3 is 1. The van der Waals surface area contributed by atoms with Gasteiger partial charge in [-0.2, -0.15) is 0 Å². The number of carboxylic acid groups (broad SMARTS) is 1. The van der Waals surface area contributed by atoms with Crippen LogP contribution in [0.1, 0.15) is 33.6 Å². The second kappa shape index (κ2) is 5.07. The van der Waals surface area contributed by atoms with E-state index >= 15 is 0 Å². The largest absolute Gasteiger partial charge is 0.479 e. The predicted octanol–water partition coefficient (Wildman–Crippen LogP) is 0.917. The molecule has 0 aromatic rings. The van der Waals surface area contributed by atoms with Crippen LogP contribution in [-0.4, -0.2) is 41.4 Å². The molecule has 0 aliphatic heterocycles. The van der Waals surface area contributed by atoms with Gasteiger partial charge in [-0.15, -0.1) is 0 Å². The summed E-state index contributed by atoms with van der Waals surface area (Å²) in [6, 6.07) is 0. The molecule has 0 aromatic carbocycles. The third kappa shape index (κ3) is 3.84. The lowest BCUT2D eigenvalue weighted by Gasteiger charge is -2.22. The van der Waals surface area contributed by atoms with E-state index < -0.39 is 35.1 Å². The number of carboxylic acids is 1. The van der Waals surface area contributed by atoms with Crippen molar-refractivity contribution in [3.05, 3.63) is 0 Å². The molecule has 2 atom stereocenters. The Labute approximate surface area is 111 Å². The Balaban J connectivity index is 2.64. The molecule has 19 heavy (non-hydrogen) atoms. The highest BCUT2D eigenvalue weighted by atomic mass is 16.6. The second-order valence-corrected chi connectivity index (χ2v) is 5.58. The molecule has 0 unspecified atom stereocenters. The summed E-state index contributed by atoms with van der Waals surface area (Å²) in [5.74, 6) is -2.14. The van der Waals surface area contributed by atoms with Gasteiger partial charge < -0.3 is 19.9 Å². The van der Waals surface area contributed by atoms with Crippen molar-refractivity contribution in [1.29, 1.82) is 0 Å². The highest BCUT2D eigenvalue weighted by Gasteiger charge is 2.62. The van der Waals surface area contributed by atoms with Crippen LogP contribution in [0, 0.1) is 5.92 Å². The normalized spacial score (nSPS) is 25.4. The number of aliphatic carboxylic acids is 1. The molecule has 0 heterocycles. The lowest BCUT2D eigenvalue weighted by molar-refractivity contribution is -0.142. The fourth-order valence-corrected chi connectivity index (χ4v) is 1.81. The molecule has 7 heteroatoms. The van der Waals surface area contributed by atoms with E-state index in [2.05, 4.69) is 10.1 Å². The van der Waals surface area contributed by atoms with E-state index in [9.17, 15) is 19.5 Å². The van der Waals surface area contributed by atoms with Crippen molar-refractivity contribution in [3.8, 4) is 0 Å². The van der Waals surface area contributed by atoms with Crippen LogP contribution in [0.15, 0.2) is 0 Å². The number of amides is 1. The standard InChI is InChI=1S/C12H19NO6/c1-11(2,3)19-10(17)13-12(9(15)16)6-7(12)5-8(14)18-4/h7H,5-6H2,1-4H3,(H,13,17)(H,15,16)/t7-,12+/m1/s1. The summed E-state index contributed by atoms with van der Waals surface area (Å²) in [6.45, 7) is 5.04. The first-order chi connectivity index (χ1) is 8.60. The smallest absolute Gasteiger partial charge is 0.408 e. The number of carbonyl (C=O) groups excluding carboxylic acids is 2. The lowest BCUT2D eigenvalue weighted by atomic mass is 10.1. The van der Waals surface area contributed by atoms with Crippen LogP contribution in [0.25, 0.3) is 0 Å². The van der Waals surface area contributed by atoms with Gasteiger partial charge in [-0.1, -0.05) is 0 Å². The Kier molecular flexibility index (Phi) is 4.07. The summed E-state index contributed by atoms with van der Waals surface area (Å²) in [5, 5.41) is 11.5. The maximum Gasteiger partial charge on any atom is 0.408 e. The molecule has 0 saturated heterocycles. The van der Waals surface area contributed by atoms with E-state index in [0.29, 0.717) is 0 Å². The number of rotatable bonds is 4. The molecule has 2 N–H and O–H groups in total. The first-order valence-corrected chi connectivity index (χ1v) is 5.92. The summed E-state index contributed by atoms with van der Waals surface area (Å²) in [5.41, 5.74) is -2.13. The molecule has 1 aliphatic rings. The lowest BCUT2D eigenvalue weighted by Crippen LogP contribution is -2.47. The van der Waals surface area contributed by atoms with E-state index in [0.717, 1.165) is 0 Å². The maximum absolute atomic E-state index is 11.6. The van der Waals surface area contributed by atoms with Crippen LogP contribution in [0.2, 0.25) is 0 Å². The molecule has 1 amide bonds. The molecule has 1 saturated carbocycles. The van der Waals surface area contributed by atoms with Gasteiger partial charge in [0, 0.05) is 5.92 Å². The van der Waals surface area contributed by atoms with Crippen LogP contribution >= 0.6 is 0 Å². The summed E-state index contributed by atoms with van der Waals surface area (Å²) < 4.78 is 9.50. The number of hydrogen-bond acceptors (Lipinski definition) is 5. The van der Waals surface area contributed by atoms with Crippen molar-refractivity contribution in [2.45, 2.75) is 44.8 Å². The van der Waals surface area contributed by atoms with Crippen molar-refractivity contribution in [2.75, 3.05) is 7.11 Å². The number of nitrogens with one attached hydrogen (secondary N) is 1. The van der Waals surface area contributed by atoms with Gasteiger partial charge in [-0.05, 0) is 27.2 Å². The van der Waals surface area contributed by atoms with Crippen molar-refractivity contribution in [1.82, 2.24) is 5.32 Å². The number of alkyl carbamates (subject to hydrolysis) is 1. The minimum Gasteiger partial charge on any atom is -0.479 e. The molecular weight excluding hydrogens is 254 g/mol. The van der Waals surface area contributed by atoms with Gasteiger partial charge in [-0.25, -0.2) is 9.59 Å². The Hall–Kier alpha value is -1.79. The van der Waals surface area contributed by atoms with Gasteiger partial charge in [-0.3, -0.25) is 4.79 Å². The number of carbonyl (C=O) groups is 3. The highest BCUT2D eigenvalue weighted by Crippen LogP contribution is 2.46. The van der Waals surface area contributed by atoms with E-state index in [1.165, 1.54) is 7.11 Å². The molecule has 1 fully saturated rings. The predicted molar refractivity (Wildman–Crippen MR) is 64.5 cm³/mol. The summed E-state index contributed by atoms with van der Waals surface area (Å²) in [6.07, 6.45) is -0.655. The minimum atomic E-state index is -1.42. The SMILES string of the molecule is COC(=O)C[C@@H]1C[C@@]1(NC(=O)OC(C)(C)C)C(=O)O. The molecule has 1 aliphatic carbocycles. The van der Waals surface area contributed by atoms with Gasteiger partial charge in [0.1, 0.15) is 11.1 Å². The first-order valence-electron chi connectivity index (χ1n) is 5.92. The summed E-state index contributed by atoms with van der Waals surface area (Å²) >= 11 is 0. The van der Waals surface area contributed by atoms with Gasteiger partial charge in [0.2, 0.25) is 0 Å². The average Bonchev–Trinajstić information content (AvgIpc) is 2.89.